The highest BCUT2D eigenvalue weighted by Crippen LogP contribution is 2.37. The second-order valence-corrected chi connectivity index (χ2v) is 6.54. The van der Waals surface area contributed by atoms with Gasteiger partial charge in [-0.25, -0.2) is 0 Å². The van der Waals surface area contributed by atoms with Gasteiger partial charge < -0.3 is 10.0 Å². The molecule has 1 aromatic carbocycles. The number of hydrogen-bond acceptors (Lipinski definition) is 3. The van der Waals surface area contributed by atoms with E-state index in [-0.39, 0.29) is 12.3 Å². The smallest absolute Gasteiger partial charge is 0.308 e. The minimum atomic E-state index is -0.843. The van der Waals surface area contributed by atoms with Gasteiger partial charge in [-0.3, -0.25) is 14.6 Å². The number of carbonyl (C=O) groups excluding carboxylic acids is 1. The number of carboxylic acid groups (broad SMARTS) is 1. The highest BCUT2D eigenvalue weighted by atomic mass is 16.4. The Hall–Kier alpha value is -2.69. The SMILES string of the molecule is Cc1ccc([C@@H]2[C@H](C(=O)O)CCC(=O)N2CCc2cccnc2)cc1. The Kier molecular flexibility index (Phi) is 5.12. The van der Waals surface area contributed by atoms with Gasteiger partial charge in [-0.2, -0.15) is 0 Å². The highest BCUT2D eigenvalue weighted by Gasteiger charge is 2.40. The average Bonchev–Trinajstić information content (AvgIpc) is 2.62. The summed E-state index contributed by atoms with van der Waals surface area (Å²) in [6.07, 6.45) is 4.83. The van der Waals surface area contributed by atoms with Crippen LogP contribution in [0.15, 0.2) is 48.8 Å². The first-order valence-electron chi connectivity index (χ1n) is 8.54. The van der Waals surface area contributed by atoms with Crippen LogP contribution in [0.5, 0.6) is 0 Å². The Morgan fingerprint density at radius 2 is 2.04 bits per heavy atom. The zero-order valence-corrected chi connectivity index (χ0v) is 14.3. The molecule has 0 spiro atoms. The van der Waals surface area contributed by atoms with Crippen LogP contribution in [0.1, 0.15) is 35.6 Å². The number of likely N-dealkylation sites (tertiary alicyclic amines) is 1. The minimum absolute atomic E-state index is 0.0203. The molecule has 3 rings (SSSR count). The first-order chi connectivity index (χ1) is 12.1. The number of aryl methyl sites for hydroxylation is 1. The number of carbonyl (C=O) groups is 2. The van der Waals surface area contributed by atoms with E-state index in [4.69, 9.17) is 0 Å². The van der Waals surface area contributed by atoms with Gasteiger partial charge in [0, 0.05) is 25.4 Å². The van der Waals surface area contributed by atoms with Gasteiger partial charge in [-0.05, 0) is 37.0 Å². The molecule has 5 heteroatoms. The topological polar surface area (TPSA) is 70.5 Å². The summed E-state index contributed by atoms with van der Waals surface area (Å²) in [7, 11) is 0. The summed E-state index contributed by atoms with van der Waals surface area (Å²) in [4.78, 5) is 30.2. The molecule has 0 bridgehead atoms. The Labute approximate surface area is 147 Å². The summed E-state index contributed by atoms with van der Waals surface area (Å²) >= 11 is 0. The average molecular weight is 338 g/mol. The zero-order valence-electron chi connectivity index (χ0n) is 14.3. The van der Waals surface area contributed by atoms with Crippen molar-refractivity contribution < 1.29 is 14.7 Å². The van der Waals surface area contributed by atoms with Crippen molar-refractivity contribution in [2.24, 2.45) is 5.92 Å². The van der Waals surface area contributed by atoms with Crippen molar-refractivity contribution in [2.45, 2.75) is 32.2 Å². The number of piperidine rings is 1. The van der Waals surface area contributed by atoms with Gasteiger partial charge >= 0.3 is 5.97 Å². The minimum Gasteiger partial charge on any atom is -0.481 e. The summed E-state index contributed by atoms with van der Waals surface area (Å²) < 4.78 is 0. The number of hydrogen-bond donors (Lipinski definition) is 1. The van der Waals surface area contributed by atoms with Gasteiger partial charge in [0.25, 0.3) is 0 Å². The summed E-state index contributed by atoms with van der Waals surface area (Å²) in [6, 6.07) is 11.2. The largest absolute Gasteiger partial charge is 0.481 e. The van der Waals surface area contributed by atoms with Crippen LogP contribution in [0.4, 0.5) is 0 Å². The van der Waals surface area contributed by atoms with Crippen LogP contribution >= 0.6 is 0 Å². The number of pyridine rings is 1. The van der Waals surface area contributed by atoms with E-state index in [1.807, 2.05) is 43.3 Å². The number of aliphatic carboxylic acids is 1. The van der Waals surface area contributed by atoms with Crippen molar-refractivity contribution in [1.82, 2.24) is 9.88 Å². The summed E-state index contributed by atoms with van der Waals surface area (Å²) in [5.74, 6) is -1.40. The molecule has 2 atom stereocenters. The second-order valence-electron chi connectivity index (χ2n) is 6.54. The summed E-state index contributed by atoms with van der Waals surface area (Å²) in [5.41, 5.74) is 3.03. The van der Waals surface area contributed by atoms with Crippen molar-refractivity contribution >= 4 is 11.9 Å². The van der Waals surface area contributed by atoms with Crippen LogP contribution in [0.3, 0.4) is 0 Å². The molecule has 1 amide bonds. The molecule has 0 radical (unpaired) electrons. The molecule has 2 aromatic rings. The molecule has 1 fully saturated rings. The van der Waals surface area contributed by atoms with Crippen LogP contribution in [0, 0.1) is 12.8 Å². The Balaban J connectivity index is 1.88. The lowest BCUT2D eigenvalue weighted by Crippen LogP contribution is -2.46. The van der Waals surface area contributed by atoms with Crippen LogP contribution in [0.25, 0.3) is 0 Å². The molecule has 1 saturated heterocycles. The maximum Gasteiger partial charge on any atom is 0.308 e. The molecule has 0 aliphatic carbocycles. The Morgan fingerprint density at radius 3 is 2.68 bits per heavy atom. The Bertz CT molecular complexity index is 743. The molecule has 1 aliphatic heterocycles. The van der Waals surface area contributed by atoms with E-state index in [0.29, 0.717) is 19.4 Å². The van der Waals surface area contributed by atoms with E-state index in [2.05, 4.69) is 4.98 Å². The van der Waals surface area contributed by atoms with Crippen LogP contribution < -0.4 is 0 Å². The van der Waals surface area contributed by atoms with Crippen molar-refractivity contribution in [3.05, 3.63) is 65.5 Å². The van der Waals surface area contributed by atoms with E-state index in [1.165, 1.54) is 0 Å². The van der Waals surface area contributed by atoms with E-state index in [0.717, 1.165) is 16.7 Å². The standard InChI is InChI=1S/C20H22N2O3/c1-14-4-6-16(7-5-14)19-17(20(24)25)8-9-18(23)22(19)12-10-15-3-2-11-21-13-15/h2-7,11,13,17,19H,8-10,12H2,1H3,(H,24,25)/t17-,19-/m1/s1. The first-order valence-corrected chi connectivity index (χ1v) is 8.54. The fourth-order valence-electron chi connectivity index (χ4n) is 3.45. The predicted molar refractivity (Wildman–Crippen MR) is 93.9 cm³/mol. The van der Waals surface area contributed by atoms with E-state index in [9.17, 15) is 14.7 Å². The number of nitrogens with zero attached hydrogens (tertiary/aromatic N) is 2. The number of benzene rings is 1. The second kappa shape index (κ2) is 7.47. The first kappa shape index (κ1) is 17.1. The molecule has 1 aromatic heterocycles. The van der Waals surface area contributed by atoms with Gasteiger partial charge in [-0.15, -0.1) is 0 Å². The molecule has 0 saturated carbocycles. The van der Waals surface area contributed by atoms with Gasteiger partial charge in [0.15, 0.2) is 0 Å². The predicted octanol–water partition coefficient (Wildman–Crippen LogP) is 3.00. The van der Waals surface area contributed by atoms with Crippen LogP contribution in [-0.4, -0.2) is 33.4 Å². The molecular weight excluding hydrogens is 316 g/mol. The number of aromatic nitrogens is 1. The molecular formula is C20H22N2O3. The van der Waals surface area contributed by atoms with Crippen LogP contribution in [0.2, 0.25) is 0 Å². The molecule has 0 unspecified atom stereocenters. The van der Waals surface area contributed by atoms with Crippen molar-refractivity contribution in [3.63, 3.8) is 0 Å². The highest BCUT2D eigenvalue weighted by molar-refractivity contribution is 5.81. The molecule has 130 valence electrons. The molecule has 25 heavy (non-hydrogen) atoms. The number of amides is 1. The maximum absolute atomic E-state index is 12.6. The number of rotatable bonds is 5. The monoisotopic (exact) mass is 338 g/mol. The fourth-order valence-corrected chi connectivity index (χ4v) is 3.45. The molecule has 5 nitrogen and oxygen atoms in total. The normalized spacial score (nSPS) is 20.5. The van der Waals surface area contributed by atoms with Crippen molar-refractivity contribution in [2.75, 3.05) is 6.54 Å². The lowest BCUT2D eigenvalue weighted by atomic mass is 9.84. The summed E-state index contributed by atoms with van der Waals surface area (Å²) in [5, 5.41) is 9.67. The third-order valence-electron chi connectivity index (χ3n) is 4.81. The summed E-state index contributed by atoms with van der Waals surface area (Å²) in [6.45, 7) is 2.48. The lowest BCUT2D eigenvalue weighted by Gasteiger charge is -2.40. The molecule has 1 N–H and O–H groups in total. The van der Waals surface area contributed by atoms with Crippen LogP contribution in [-0.2, 0) is 16.0 Å². The maximum atomic E-state index is 12.6. The number of carboxylic acids is 1. The third-order valence-corrected chi connectivity index (χ3v) is 4.81. The quantitative estimate of drug-likeness (QED) is 0.910. The lowest BCUT2D eigenvalue weighted by molar-refractivity contribution is -0.152. The zero-order chi connectivity index (χ0) is 17.8. The third kappa shape index (κ3) is 3.87. The van der Waals surface area contributed by atoms with Crippen molar-refractivity contribution in [3.8, 4) is 0 Å². The van der Waals surface area contributed by atoms with Gasteiger partial charge in [0.1, 0.15) is 0 Å². The Morgan fingerprint density at radius 1 is 1.28 bits per heavy atom. The van der Waals surface area contributed by atoms with E-state index < -0.39 is 17.9 Å². The van der Waals surface area contributed by atoms with E-state index >= 15 is 0 Å². The molecule has 1 aliphatic rings. The van der Waals surface area contributed by atoms with Gasteiger partial charge in [0.05, 0.1) is 12.0 Å². The fraction of sp³-hybridized carbons (Fsp3) is 0.350. The van der Waals surface area contributed by atoms with Gasteiger partial charge in [0.2, 0.25) is 5.91 Å². The van der Waals surface area contributed by atoms with Crippen molar-refractivity contribution in [1.29, 1.82) is 0 Å². The van der Waals surface area contributed by atoms with E-state index in [1.54, 1.807) is 17.3 Å². The van der Waals surface area contributed by atoms with Gasteiger partial charge in [-0.1, -0.05) is 35.9 Å². The molecule has 2 heterocycles.